The van der Waals surface area contributed by atoms with Crippen LogP contribution in [0.5, 0.6) is 0 Å². The lowest BCUT2D eigenvalue weighted by atomic mass is 9.69. The maximum atomic E-state index is 14.3. The average molecular weight is 606 g/mol. The Kier molecular flexibility index (Phi) is 5.39. The molecule has 4 aliphatic rings. The molecule has 2 fully saturated rings. The average Bonchev–Trinajstić information content (AvgIpc) is 3.81. The highest BCUT2D eigenvalue weighted by molar-refractivity contribution is 7.80. The number of amides is 3. The molecule has 0 radical (unpaired) electrons. The summed E-state index contributed by atoms with van der Waals surface area (Å²) >= 11 is 17.7. The second-order valence-corrected chi connectivity index (χ2v) is 12.3. The van der Waals surface area contributed by atoms with E-state index in [1.54, 1.807) is 41.0 Å². The molecule has 10 nitrogen and oxygen atoms in total. The Morgan fingerprint density at radius 3 is 2.34 bits per heavy atom. The fourth-order valence-electron chi connectivity index (χ4n) is 5.86. The molecule has 2 saturated carbocycles. The highest BCUT2D eigenvalue weighted by atomic mass is 35.5. The zero-order chi connectivity index (χ0) is 28.9. The molecule has 0 unspecified atom stereocenters. The number of benzene rings is 2. The first-order valence-electron chi connectivity index (χ1n) is 12.9. The van der Waals surface area contributed by atoms with Gasteiger partial charge in [0.25, 0.3) is 11.8 Å². The quantitative estimate of drug-likeness (QED) is 0.365. The van der Waals surface area contributed by atoms with Crippen LogP contribution in [0.1, 0.15) is 52.9 Å². The van der Waals surface area contributed by atoms with Crippen molar-refractivity contribution in [2.75, 3.05) is 4.90 Å². The van der Waals surface area contributed by atoms with Gasteiger partial charge in [-0.15, -0.1) is 0 Å². The summed E-state index contributed by atoms with van der Waals surface area (Å²) in [4.78, 5) is 47.5. The van der Waals surface area contributed by atoms with Crippen molar-refractivity contribution in [1.29, 1.82) is 5.26 Å². The molecule has 2 aromatic carbocycles. The Labute approximate surface area is 249 Å². The smallest absolute Gasteiger partial charge is 0.270 e. The highest BCUT2D eigenvalue weighted by Crippen LogP contribution is 2.53. The molecule has 3 amide bonds. The van der Waals surface area contributed by atoms with E-state index in [1.165, 1.54) is 11.1 Å². The molecule has 206 valence electrons. The maximum absolute atomic E-state index is 14.3. The van der Waals surface area contributed by atoms with E-state index in [4.69, 9.17) is 41.2 Å². The first-order valence-corrected chi connectivity index (χ1v) is 14.1. The van der Waals surface area contributed by atoms with Crippen molar-refractivity contribution in [2.24, 2.45) is 5.73 Å². The van der Waals surface area contributed by atoms with Gasteiger partial charge in [-0.1, -0.05) is 41.5 Å². The number of hydrogen-bond donors (Lipinski definition) is 3. The number of nitrogens with one attached hydrogen (secondary N) is 2. The summed E-state index contributed by atoms with van der Waals surface area (Å²) in [6.07, 6.45) is 3.88. The van der Waals surface area contributed by atoms with Crippen LogP contribution < -0.4 is 21.3 Å². The lowest BCUT2D eigenvalue weighted by Crippen LogP contribution is -2.56. The van der Waals surface area contributed by atoms with Crippen LogP contribution in [0.25, 0.3) is 0 Å². The predicted octanol–water partition coefficient (Wildman–Crippen LogP) is 3.24. The molecule has 1 aliphatic heterocycles. The molecule has 13 heteroatoms. The SMILES string of the molecule is N#Cc1ccc2c(c1)[C@@]1(C2)C(=O)N(c2cc(Cl)cc(Cl)c2)c2ncc(C(=O)NC3(C(=O)NC4(C(N)=S)CC4)CC3)n21. The van der Waals surface area contributed by atoms with Crippen LogP contribution in [0.2, 0.25) is 10.0 Å². The summed E-state index contributed by atoms with van der Waals surface area (Å²) in [5.41, 5.74) is 5.06. The zero-order valence-corrected chi connectivity index (χ0v) is 23.7. The number of anilines is 2. The second-order valence-electron chi connectivity index (χ2n) is 11.0. The van der Waals surface area contributed by atoms with Gasteiger partial charge >= 0.3 is 0 Å². The standard InChI is InChI=1S/C28H21Cl2N7O3S/c29-16-8-17(30)10-18(9-16)36-24(40)28(11-15-2-1-14(12-31)7-19(15)28)37-20(13-33-25(36)37)21(38)34-27(5-6-27)23(39)35-26(3-4-26)22(32)41/h1-2,7-10,13H,3-6,11H2,(H2,32,41)(H,34,38)(H,35,39)/t28-/m0/s1. The van der Waals surface area contributed by atoms with E-state index in [0.29, 0.717) is 52.5 Å². The van der Waals surface area contributed by atoms with Crippen LogP contribution in [-0.4, -0.2) is 43.3 Å². The summed E-state index contributed by atoms with van der Waals surface area (Å²) in [6, 6.07) is 12.0. The molecular formula is C28H21Cl2N7O3S. The van der Waals surface area contributed by atoms with Gasteiger partial charge in [0.2, 0.25) is 11.9 Å². The minimum absolute atomic E-state index is 0.103. The highest BCUT2D eigenvalue weighted by Gasteiger charge is 2.61. The number of nitrogens with zero attached hydrogens (tertiary/aromatic N) is 4. The number of carbonyl (C=O) groups excluding carboxylic acids is 3. The predicted molar refractivity (Wildman–Crippen MR) is 154 cm³/mol. The first kappa shape index (κ1) is 26.0. The van der Waals surface area contributed by atoms with Crippen molar-refractivity contribution >= 4 is 69.8 Å². The third kappa shape index (κ3) is 3.64. The fraction of sp³-hybridized carbons (Fsp3) is 0.286. The van der Waals surface area contributed by atoms with Gasteiger partial charge in [-0.3, -0.25) is 19.0 Å². The van der Waals surface area contributed by atoms with Crippen molar-refractivity contribution in [2.45, 2.75) is 48.7 Å². The van der Waals surface area contributed by atoms with Gasteiger partial charge in [-0.25, -0.2) is 9.88 Å². The molecule has 0 bridgehead atoms. The third-order valence-corrected chi connectivity index (χ3v) is 9.29. The number of carbonyl (C=O) groups is 3. The van der Waals surface area contributed by atoms with Crippen molar-refractivity contribution in [1.82, 2.24) is 20.2 Å². The first-order chi connectivity index (χ1) is 19.5. The Morgan fingerprint density at radius 2 is 1.73 bits per heavy atom. The molecule has 2 heterocycles. The number of rotatable bonds is 6. The van der Waals surface area contributed by atoms with E-state index in [1.807, 2.05) is 0 Å². The van der Waals surface area contributed by atoms with E-state index in [9.17, 15) is 19.6 Å². The molecule has 1 spiro atoms. The van der Waals surface area contributed by atoms with Crippen LogP contribution in [-0.2, 0) is 21.5 Å². The van der Waals surface area contributed by atoms with Crippen LogP contribution in [0, 0.1) is 11.3 Å². The Hall–Kier alpha value is -3.98. The van der Waals surface area contributed by atoms with Gasteiger partial charge < -0.3 is 16.4 Å². The van der Waals surface area contributed by atoms with E-state index < -0.39 is 22.5 Å². The molecule has 7 rings (SSSR count). The number of aromatic nitrogens is 2. The van der Waals surface area contributed by atoms with Crippen LogP contribution in [0.4, 0.5) is 11.6 Å². The monoisotopic (exact) mass is 605 g/mol. The van der Waals surface area contributed by atoms with Gasteiger partial charge in [0.1, 0.15) is 11.2 Å². The molecule has 1 aromatic heterocycles. The summed E-state index contributed by atoms with van der Waals surface area (Å²) in [5, 5.41) is 16.0. The lowest BCUT2D eigenvalue weighted by molar-refractivity contribution is -0.125. The summed E-state index contributed by atoms with van der Waals surface area (Å²) < 4.78 is 1.59. The molecule has 3 aliphatic carbocycles. The largest absolute Gasteiger partial charge is 0.391 e. The molecule has 3 aromatic rings. The number of halogens is 2. The van der Waals surface area contributed by atoms with Gasteiger partial charge in [-0.05, 0) is 67.1 Å². The van der Waals surface area contributed by atoms with Gasteiger partial charge in [-0.2, -0.15) is 5.26 Å². The molecule has 41 heavy (non-hydrogen) atoms. The summed E-state index contributed by atoms with van der Waals surface area (Å²) in [6.45, 7) is 0. The van der Waals surface area contributed by atoms with Crippen LogP contribution in [0.15, 0.2) is 42.6 Å². The van der Waals surface area contributed by atoms with Gasteiger partial charge in [0, 0.05) is 16.5 Å². The Morgan fingerprint density at radius 1 is 1.05 bits per heavy atom. The molecular weight excluding hydrogens is 585 g/mol. The van der Waals surface area contributed by atoms with E-state index in [0.717, 1.165) is 5.56 Å². The van der Waals surface area contributed by atoms with Crippen LogP contribution >= 0.6 is 35.4 Å². The number of hydrogen-bond acceptors (Lipinski definition) is 6. The van der Waals surface area contributed by atoms with Crippen molar-refractivity contribution < 1.29 is 14.4 Å². The topological polar surface area (TPSA) is 146 Å². The number of imidazole rings is 1. The van der Waals surface area contributed by atoms with Crippen LogP contribution in [0.3, 0.4) is 0 Å². The van der Waals surface area contributed by atoms with Crippen molar-refractivity contribution in [3.05, 3.63) is 75.0 Å². The second kappa shape index (κ2) is 8.52. The number of fused-ring (bicyclic) bond motifs is 4. The van der Waals surface area contributed by atoms with E-state index >= 15 is 0 Å². The maximum Gasteiger partial charge on any atom is 0.270 e. The zero-order valence-electron chi connectivity index (χ0n) is 21.3. The molecule has 4 N–H and O–H groups in total. The number of nitriles is 1. The fourth-order valence-corrected chi connectivity index (χ4v) is 6.63. The summed E-state index contributed by atoms with van der Waals surface area (Å²) in [7, 11) is 0. The Balaban J connectivity index is 1.30. The number of nitrogens with two attached hydrogens (primary N) is 1. The van der Waals surface area contributed by atoms with Crippen molar-refractivity contribution in [3.8, 4) is 6.07 Å². The van der Waals surface area contributed by atoms with Gasteiger partial charge in [0.05, 0.1) is 34.0 Å². The lowest BCUT2D eigenvalue weighted by Gasteiger charge is -2.41. The normalized spacial score (nSPS) is 21.8. The van der Waals surface area contributed by atoms with E-state index in [-0.39, 0.29) is 34.9 Å². The van der Waals surface area contributed by atoms with Crippen molar-refractivity contribution in [3.63, 3.8) is 0 Å². The minimum Gasteiger partial charge on any atom is -0.391 e. The summed E-state index contributed by atoms with van der Waals surface area (Å²) in [5.74, 6) is -1.06. The molecule has 0 saturated heterocycles. The van der Waals surface area contributed by atoms with E-state index in [2.05, 4.69) is 21.7 Å². The van der Waals surface area contributed by atoms with Gasteiger partial charge in [0.15, 0.2) is 5.54 Å². The minimum atomic E-state index is -1.32. The Bertz CT molecular complexity index is 1770. The molecule has 1 atom stereocenters. The number of thiocarbonyl (C=S) groups is 1. The third-order valence-electron chi connectivity index (χ3n) is 8.46.